The predicted molar refractivity (Wildman–Crippen MR) is 374 cm³/mol. The number of fused-ring (bicyclic) bond motifs is 2. The van der Waals surface area contributed by atoms with Crippen LogP contribution in [0.2, 0.25) is 0 Å². The summed E-state index contributed by atoms with van der Waals surface area (Å²) in [6.45, 7) is 40.0. The van der Waals surface area contributed by atoms with Crippen molar-refractivity contribution in [2.75, 3.05) is 53.7 Å². The maximum absolute atomic E-state index is 14.2. The number of Topliss-reactive ketones (excluding diaryl/α,β-unsaturated/α-hetero) is 1. The van der Waals surface area contributed by atoms with Crippen molar-refractivity contribution in [2.24, 2.45) is 22.7 Å². The second kappa shape index (κ2) is 38.5. The normalized spacial score (nSPS) is 18.0. The van der Waals surface area contributed by atoms with Gasteiger partial charge in [0.25, 0.3) is 0 Å². The van der Waals surface area contributed by atoms with Gasteiger partial charge in [-0.2, -0.15) is 0 Å². The molecule has 4 aliphatic rings. The number of nitrogens with zero attached hydrogens (tertiary/aromatic N) is 4. The number of ketones is 1. The first-order valence-corrected chi connectivity index (χ1v) is 31.6. The Morgan fingerprint density at radius 2 is 0.959 bits per heavy atom. The number of carboxylic acids is 1. The van der Waals surface area contributed by atoms with E-state index < -0.39 is 113 Å². The smallest absolute Gasteiger partial charge is 0.410 e. The van der Waals surface area contributed by atoms with Crippen molar-refractivity contribution < 1.29 is 90.9 Å². The summed E-state index contributed by atoms with van der Waals surface area (Å²) >= 11 is 0. The standard InChI is InChI=1S/C35H49N3O9.C24H32N2O5.C11H19NO5.3CH4/c1-10-15-45-21-27(36-32(42)47-35(6,7)8)29(39)17-26(34(3,4)5)30(40)38-19-24(16-28(38)31(41)44-9)46-33(43)37-18-23-14-12-13-22(11-2)25(23)20-37;1-7-16-9-8-10-17-12-25(14-19(16)17)23(29)31-18-11-20(22(28)30-6)26(13-18)21(27)15(2)24(3,4)5;1-5-6-16-7-8(9(13)14)12-10(15)17-11(2,3)4;;;/h10-14,24,26-28H,1-2,15-21H2,3-9H3,(H,36,42);7-10,15,18,20H,1,11-14H2,2-6H3;5,8H,1,6-7H2,2-4H3,(H,12,15)(H,13,14);3*1H4/t24-,26-,27+,28+;15-,18-,20+;8-;;;/m110.../s1. The molecule has 0 unspecified atom stereocenters. The number of aliphatic carboxylic acids is 1. The lowest BCUT2D eigenvalue weighted by molar-refractivity contribution is -0.154. The van der Waals surface area contributed by atoms with Crippen LogP contribution >= 0.6 is 0 Å². The summed E-state index contributed by atoms with van der Waals surface area (Å²) < 4.78 is 42.2. The van der Waals surface area contributed by atoms with E-state index in [4.69, 9.17) is 43.0 Å². The highest BCUT2D eigenvalue weighted by Crippen LogP contribution is 2.37. The van der Waals surface area contributed by atoms with Gasteiger partial charge in [-0.1, -0.05) is 145 Å². The number of alkyl carbamates (subject to hydrolysis) is 2. The summed E-state index contributed by atoms with van der Waals surface area (Å²) in [5.41, 5.74) is 3.65. The molecule has 2 aromatic rings. The Hall–Kier alpha value is -8.58. The molecule has 0 spiro atoms. The number of nitrogens with one attached hydrogen (secondary N) is 2. The van der Waals surface area contributed by atoms with Crippen LogP contribution in [0.4, 0.5) is 19.2 Å². The summed E-state index contributed by atoms with van der Waals surface area (Å²) in [7, 11) is 2.53. The van der Waals surface area contributed by atoms with Crippen LogP contribution in [0.5, 0.6) is 0 Å². The van der Waals surface area contributed by atoms with Crippen molar-refractivity contribution in [3.8, 4) is 0 Å². The molecule has 6 amide bonds. The second-order valence-corrected chi connectivity index (χ2v) is 27.7. The van der Waals surface area contributed by atoms with Gasteiger partial charge < -0.3 is 63.4 Å². The van der Waals surface area contributed by atoms with Gasteiger partial charge in [0.05, 0.1) is 66.8 Å². The van der Waals surface area contributed by atoms with Crippen molar-refractivity contribution in [3.63, 3.8) is 0 Å². The topological polar surface area (TPSA) is 302 Å². The number of carboxylic acid groups (broad SMARTS) is 1. The zero-order chi connectivity index (χ0) is 71.5. The molecule has 8 atom stereocenters. The van der Waals surface area contributed by atoms with Crippen LogP contribution in [0.25, 0.3) is 12.2 Å². The molecule has 25 nitrogen and oxygen atoms in total. The molecule has 0 bridgehead atoms. The van der Waals surface area contributed by atoms with Crippen LogP contribution in [0.1, 0.15) is 165 Å². The lowest BCUT2D eigenvalue weighted by Gasteiger charge is -2.35. The molecule has 0 aliphatic carbocycles. The fraction of sp³-hybridized carbons (Fsp3) is 0.589. The minimum Gasteiger partial charge on any atom is -0.480 e. The van der Waals surface area contributed by atoms with Crippen LogP contribution < -0.4 is 10.6 Å². The number of hydrogen-bond donors (Lipinski definition) is 3. The summed E-state index contributed by atoms with van der Waals surface area (Å²) in [6, 6.07) is 7.71. The third-order valence-electron chi connectivity index (χ3n) is 16.1. The number of esters is 2. The molecule has 4 aliphatic heterocycles. The van der Waals surface area contributed by atoms with Crippen molar-refractivity contribution in [3.05, 3.63) is 108 Å². The summed E-state index contributed by atoms with van der Waals surface area (Å²) in [4.78, 5) is 133. The molecular formula is C73H112N6O19. The van der Waals surface area contributed by atoms with Gasteiger partial charge in [-0.05, 0) is 85.8 Å². The van der Waals surface area contributed by atoms with Crippen LogP contribution in [0, 0.1) is 22.7 Å². The number of hydrogen-bond acceptors (Lipinski definition) is 18. The highest BCUT2D eigenvalue weighted by molar-refractivity contribution is 5.94. The van der Waals surface area contributed by atoms with Gasteiger partial charge in [0.1, 0.15) is 41.5 Å². The van der Waals surface area contributed by atoms with Crippen LogP contribution in [0.3, 0.4) is 0 Å². The Kier molecular flexibility index (Phi) is 34.4. The Morgan fingerprint density at radius 3 is 1.31 bits per heavy atom. The Morgan fingerprint density at radius 1 is 0.571 bits per heavy atom. The third-order valence-corrected chi connectivity index (χ3v) is 16.1. The maximum atomic E-state index is 14.2. The fourth-order valence-corrected chi connectivity index (χ4v) is 10.7. The maximum Gasteiger partial charge on any atom is 0.410 e. The first kappa shape index (κ1) is 87.4. The Balaban J connectivity index is 0.000000809. The zero-order valence-electron chi connectivity index (χ0n) is 58.0. The van der Waals surface area contributed by atoms with Crippen molar-refractivity contribution in [1.82, 2.24) is 30.2 Å². The largest absolute Gasteiger partial charge is 0.480 e. The minimum atomic E-state index is -1.18. The van der Waals surface area contributed by atoms with Gasteiger partial charge in [0.2, 0.25) is 11.8 Å². The van der Waals surface area contributed by atoms with E-state index in [0.29, 0.717) is 26.2 Å². The molecule has 2 fully saturated rings. The van der Waals surface area contributed by atoms with Gasteiger partial charge in [0, 0.05) is 44.2 Å². The monoisotopic (exact) mass is 1380 g/mol. The van der Waals surface area contributed by atoms with Gasteiger partial charge in [-0.3, -0.25) is 24.2 Å². The summed E-state index contributed by atoms with van der Waals surface area (Å²) in [5.74, 6) is -4.56. The second-order valence-electron chi connectivity index (χ2n) is 27.7. The first-order valence-electron chi connectivity index (χ1n) is 31.6. The van der Waals surface area contributed by atoms with E-state index in [2.05, 4.69) is 36.9 Å². The molecule has 0 aromatic heterocycles. The Bertz CT molecular complexity index is 3120. The number of ether oxygens (including phenoxy) is 8. The summed E-state index contributed by atoms with van der Waals surface area (Å²) in [6.07, 6.45) is 2.64. The molecule has 25 heteroatoms. The lowest BCUT2D eigenvalue weighted by atomic mass is 9.76. The predicted octanol–water partition coefficient (Wildman–Crippen LogP) is 11.3. The average molecular weight is 1380 g/mol. The van der Waals surface area contributed by atoms with E-state index in [9.17, 15) is 47.9 Å². The highest BCUT2D eigenvalue weighted by atomic mass is 16.6. The number of amides is 6. The van der Waals surface area contributed by atoms with Crippen molar-refractivity contribution in [2.45, 2.75) is 205 Å². The minimum absolute atomic E-state index is 0. The van der Waals surface area contributed by atoms with Crippen LogP contribution in [0.15, 0.2) is 74.9 Å². The van der Waals surface area contributed by atoms with Crippen LogP contribution in [-0.4, -0.2) is 186 Å². The molecule has 2 saturated heterocycles. The molecule has 2 aromatic carbocycles. The Labute approximate surface area is 580 Å². The molecule has 0 radical (unpaired) electrons. The average Bonchev–Trinajstić information content (AvgIpc) is 1.63. The van der Waals surface area contributed by atoms with E-state index >= 15 is 0 Å². The zero-order valence-corrected chi connectivity index (χ0v) is 58.0. The number of likely N-dealkylation sites (tertiary alicyclic amines) is 2. The molecule has 548 valence electrons. The number of methoxy groups -OCH3 is 2. The molecule has 4 heterocycles. The van der Waals surface area contributed by atoms with Gasteiger partial charge in [-0.25, -0.2) is 33.6 Å². The number of benzene rings is 2. The molecule has 98 heavy (non-hydrogen) atoms. The highest BCUT2D eigenvalue weighted by Gasteiger charge is 2.49. The van der Waals surface area contributed by atoms with Gasteiger partial charge in [0.15, 0.2) is 11.8 Å². The van der Waals surface area contributed by atoms with E-state index in [1.807, 2.05) is 84.9 Å². The third kappa shape index (κ3) is 25.7. The van der Waals surface area contributed by atoms with E-state index in [-0.39, 0.29) is 98.3 Å². The molecule has 6 rings (SSSR count). The number of carbonyl (C=O) groups excluding carboxylic acids is 9. The van der Waals surface area contributed by atoms with E-state index in [1.54, 1.807) is 63.5 Å². The van der Waals surface area contributed by atoms with E-state index in [0.717, 1.165) is 33.4 Å². The lowest BCUT2D eigenvalue weighted by Crippen LogP contribution is -2.50. The quantitative estimate of drug-likeness (QED) is 0.0427. The number of rotatable bonds is 22. The molecule has 3 N–H and O–H groups in total. The van der Waals surface area contributed by atoms with E-state index in [1.165, 1.54) is 36.2 Å². The van der Waals surface area contributed by atoms with Crippen molar-refractivity contribution >= 4 is 72.0 Å². The SMILES string of the molecule is C.C.C.C=CCOC[C@H](NC(=O)OC(C)(C)C)C(=O)C[C@H](C(=O)N1C[C@H](OC(=O)N2Cc3cccc(C=C)c3C2)C[C@H]1C(=O)OC)C(C)(C)C.C=CCOC[C@H](NC(=O)OC(C)(C)C)C(=O)O.C=Cc1cccc2c1CN(C(=O)O[C@@H]1C[C@@H](C(=O)OC)N(C(=O)[C@@H](C)C(C)(C)C)C1)C2. The van der Waals surface area contributed by atoms with Gasteiger partial charge in [-0.15, -0.1) is 13.2 Å². The fourth-order valence-electron chi connectivity index (χ4n) is 10.7. The summed E-state index contributed by atoms with van der Waals surface area (Å²) in [5, 5.41) is 13.6. The molecular weight excluding hydrogens is 1260 g/mol. The first-order chi connectivity index (χ1) is 44.3. The molecule has 0 saturated carbocycles. The number of carbonyl (C=O) groups is 10. The van der Waals surface area contributed by atoms with Gasteiger partial charge >= 0.3 is 42.3 Å². The van der Waals surface area contributed by atoms with Crippen molar-refractivity contribution in [1.29, 1.82) is 0 Å². The van der Waals surface area contributed by atoms with Crippen LogP contribution in [-0.2, 0) is 92.8 Å².